The summed E-state index contributed by atoms with van der Waals surface area (Å²) in [5.41, 5.74) is 2.65. The molecule has 1 aliphatic heterocycles. The van der Waals surface area contributed by atoms with Crippen molar-refractivity contribution in [1.29, 1.82) is 0 Å². The van der Waals surface area contributed by atoms with Crippen LogP contribution in [0.1, 0.15) is 49.5 Å². The van der Waals surface area contributed by atoms with Crippen LogP contribution in [0.25, 0.3) is 26.7 Å². The number of para-hydroxylation sites is 1. The summed E-state index contributed by atoms with van der Waals surface area (Å²) in [4.78, 5) is 20.1. The highest BCUT2D eigenvalue weighted by atomic mass is 35.5. The van der Waals surface area contributed by atoms with Crippen LogP contribution < -0.4 is 0 Å². The van der Waals surface area contributed by atoms with Crippen molar-refractivity contribution < 1.29 is 13.2 Å². The molecule has 42 heavy (non-hydrogen) atoms. The zero-order valence-corrected chi connectivity index (χ0v) is 26.5. The third-order valence-corrected chi connectivity index (χ3v) is 10.2. The number of piperazine rings is 1. The molecule has 0 spiro atoms. The normalized spacial score (nSPS) is 14.4. The van der Waals surface area contributed by atoms with Gasteiger partial charge in [0.25, 0.3) is 5.91 Å². The van der Waals surface area contributed by atoms with Crippen molar-refractivity contribution >= 4 is 38.7 Å². The average molecular weight is 625 g/mol. The lowest BCUT2D eigenvalue weighted by Crippen LogP contribution is -2.48. The fourth-order valence-corrected chi connectivity index (χ4v) is 7.14. The lowest BCUT2D eigenvalue weighted by Gasteiger charge is -2.34. The molecule has 7 nitrogen and oxygen atoms in total. The molecule has 0 saturated carbocycles. The molecule has 4 aromatic rings. The standard InChI is InChI=1S/C32H37ClN4O3S2/c1-3-4-5-6-9-17-35-18-20-36(21-19-35)32(38)27-23-29(37(34-27)28-14-8-7-13-26(28)33)31-16-15-30(41-31)24-11-10-12-25(22-24)42(2,39)40/h7-8,10-16,22-23H,3-6,9,17-21H2,1-2H3. The van der Waals surface area contributed by atoms with Crippen LogP contribution in [0.15, 0.2) is 71.6 Å². The molecule has 2 aromatic carbocycles. The first-order valence-corrected chi connectivity index (χ1v) is 17.6. The molecule has 222 valence electrons. The Morgan fingerprint density at radius 3 is 2.38 bits per heavy atom. The number of carbonyl (C=O) groups is 1. The van der Waals surface area contributed by atoms with Crippen molar-refractivity contribution in [3.63, 3.8) is 0 Å². The lowest BCUT2D eigenvalue weighted by atomic mass is 10.1. The number of hydrogen-bond acceptors (Lipinski definition) is 6. The fourth-order valence-electron chi connectivity index (χ4n) is 5.25. The van der Waals surface area contributed by atoms with Crippen LogP contribution in [0.3, 0.4) is 0 Å². The van der Waals surface area contributed by atoms with E-state index < -0.39 is 9.84 Å². The maximum atomic E-state index is 13.7. The van der Waals surface area contributed by atoms with Gasteiger partial charge in [0.05, 0.1) is 26.2 Å². The molecule has 1 aliphatic rings. The first-order valence-electron chi connectivity index (χ1n) is 14.5. The number of carbonyl (C=O) groups excluding carboxylic acids is 1. The Bertz CT molecular complexity index is 1640. The van der Waals surface area contributed by atoms with E-state index in [9.17, 15) is 13.2 Å². The predicted molar refractivity (Wildman–Crippen MR) is 172 cm³/mol. The summed E-state index contributed by atoms with van der Waals surface area (Å²) < 4.78 is 26.0. The summed E-state index contributed by atoms with van der Waals surface area (Å²) in [6, 6.07) is 20.2. The van der Waals surface area contributed by atoms with E-state index in [0.29, 0.717) is 29.5 Å². The number of benzene rings is 2. The van der Waals surface area contributed by atoms with Gasteiger partial charge in [-0.2, -0.15) is 5.10 Å². The molecule has 2 aromatic heterocycles. The number of unbranched alkanes of at least 4 members (excludes halogenated alkanes) is 4. The number of sulfone groups is 1. The Morgan fingerprint density at radius 1 is 0.905 bits per heavy atom. The fraction of sp³-hybridized carbons (Fsp3) is 0.375. The van der Waals surface area contributed by atoms with Crippen molar-refractivity contribution in [3.8, 4) is 26.7 Å². The average Bonchev–Trinajstić information content (AvgIpc) is 3.65. The number of thiophene rings is 1. The van der Waals surface area contributed by atoms with E-state index in [4.69, 9.17) is 16.7 Å². The maximum Gasteiger partial charge on any atom is 0.274 e. The molecule has 0 bridgehead atoms. The third-order valence-electron chi connectivity index (χ3n) is 7.65. The summed E-state index contributed by atoms with van der Waals surface area (Å²) >= 11 is 8.10. The molecule has 0 N–H and O–H groups in total. The summed E-state index contributed by atoms with van der Waals surface area (Å²) in [5, 5.41) is 5.31. The van der Waals surface area contributed by atoms with Gasteiger partial charge in [0, 0.05) is 37.3 Å². The van der Waals surface area contributed by atoms with E-state index >= 15 is 0 Å². The SMILES string of the molecule is CCCCCCCN1CCN(C(=O)c2cc(-c3ccc(-c4cccc(S(C)(=O)=O)c4)s3)n(-c3ccccc3Cl)n2)CC1. The highest BCUT2D eigenvalue weighted by Crippen LogP contribution is 2.37. The van der Waals surface area contributed by atoms with E-state index in [0.717, 1.165) is 40.6 Å². The zero-order valence-electron chi connectivity index (χ0n) is 24.1. The minimum atomic E-state index is -3.32. The van der Waals surface area contributed by atoms with Crippen LogP contribution in [0.5, 0.6) is 0 Å². The topological polar surface area (TPSA) is 75.5 Å². The van der Waals surface area contributed by atoms with Crippen LogP contribution in [0.4, 0.5) is 0 Å². The van der Waals surface area contributed by atoms with Gasteiger partial charge in [0.15, 0.2) is 15.5 Å². The van der Waals surface area contributed by atoms with E-state index in [1.807, 2.05) is 53.4 Å². The van der Waals surface area contributed by atoms with Gasteiger partial charge in [-0.3, -0.25) is 9.69 Å². The first kappa shape index (κ1) is 30.5. The molecular formula is C32H37ClN4O3S2. The Balaban J connectivity index is 1.38. The molecular weight excluding hydrogens is 588 g/mol. The van der Waals surface area contributed by atoms with Crippen molar-refractivity contribution in [3.05, 3.63) is 77.4 Å². The van der Waals surface area contributed by atoms with Crippen molar-refractivity contribution in [2.24, 2.45) is 0 Å². The van der Waals surface area contributed by atoms with Crippen LogP contribution in [-0.2, 0) is 9.84 Å². The van der Waals surface area contributed by atoms with Gasteiger partial charge in [0.1, 0.15) is 0 Å². The van der Waals surface area contributed by atoms with Crippen LogP contribution in [0, 0.1) is 0 Å². The summed E-state index contributed by atoms with van der Waals surface area (Å²) in [6.07, 6.45) is 7.53. The second-order valence-corrected chi connectivity index (χ2v) is 14.3. The smallest absolute Gasteiger partial charge is 0.274 e. The van der Waals surface area contributed by atoms with Gasteiger partial charge >= 0.3 is 0 Å². The van der Waals surface area contributed by atoms with E-state index in [1.54, 1.807) is 22.9 Å². The minimum absolute atomic E-state index is 0.0812. The maximum absolute atomic E-state index is 13.7. The van der Waals surface area contributed by atoms with E-state index in [2.05, 4.69) is 11.8 Å². The Hall–Kier alpha value is -2.98. The molecule has 5 rings (SSSR count). The molecule has 10 heteroatoms. The molecule has 1 saturated heterocycles. The van der Waals surface area contributed by atoms with Gasteiger partial charge in [-0.05, 0) is 61.0 Å². The zero-order chi connectivity index (χ0) is 29.7. The minimum Gasteiger partial charge on any atom is -0.335 e. The lowest BCUT2D eigenvalue weighted by molar-refractivity contribution is 0.0629. The van der Waals surface area contributed by atoms with E-state index in [-0.39, 0.29) is 10.8 Å². The number of halogens is 1. The van der Waals surface area contributed by atoms with Gasteiger partial charge in [-0.25, -0.2) is 13.1 Å². The van der Waals surface area contributed by atoms with Crippen LogP contribution >= 0.6 is 22.9 Å². The van der Waals surface area contributed by atoms with Crippen molar-refractivity contribution in [2.45, 2.75) is 43.9 Å². The largest absolute Gasteiger partial charge is 0.335 e. The second-order valence-electron chi connectivity index (χ2n) is 10.8. The predicted octanol–water partition coefficient (Wildman–Crippen LogP) is 7.05. The molecule has 0 unspecified atom stereocenters. The number of amides is 1. The number of aromatic nitrogens is 2. The van der Waals surface area contributed by atoms with Crippen molar-refractivity contribution in [2.75, 3.05) is 39.0 Å². The third kappa shape index (κ3) is 7.14. The summed E-state index contributed by atoms with van der Waals surface area (Å²) in [5.74, 6) is -0.0812. The molecule has 0 radical (unpaired) electrons. The Kier molecular flexibility index (Phi) is 9.83. The quantitative estimate of drug-likeness (QED) is 0.167. The number of nitrogens with zero attached hydrogens (tertiary/aromatic N) is 4. The molecule has 1 amide bonds. The number of hydrogen-bond donors (Lipinski definition) is 0. The van der Waals surface area contributed by atoms with Crippen molar-refractivity contribution in [1.82, 2.24) is 19.6 Å². The Morgan fingerprint density at radius 2 is 1.64 bits per heavy atom. The molecule has 0 atom stereocenters. The molecule has 0 aliphatic carbocycles. The Labute approximate surface area is 257 Å². The first-order chi connectivity index (χ1) is 20.2. The van der Waals surface area contributed by atoms with Crippen LogP contribution in [-0.4, -0.2) is 72.9 Å². The summed E-state index contributed by atoms with van der Waals surface area (Å²) in [6.45, 7) is 6.43. The monoisotopic (exact) mass is 624 g/mol. The highest BCUT2D eigenvalue weighted by Gasteiger charge is 2.26. The van der Waals surface area contributed by atoms with Gasteiger partial charge in [-0.1, -0.05) is 68.5 Å². The van der Waals surface area contributed by atoms with Crippen LogP contribution in [0.2, 0.25) is 5.02 Å². The summed E-state index contributed by atoms with van der Waals surface area (Å²) in [7, 11) is -3.32. The molecule has 1 fully saturated rings. The van der Waals surface area contributed by atoms with Gasteiger partial charge < -0.3 is 4.90 Å². The second kappa shape index (κ2) is 13.5. The van der Waals surface area contributed by atoms with E-state index in [1.165, 1.54) is 49.7 Å². The highest BCUT2D eigenvalue weighted by molar-refractivity contribution is 7.90. The van der Waals surface area contributed by atoms with Gasteiger partial charge in [0.2, 0.25) is 0 Å². The van der Waals surface area contributed by atoms with Gasteiger partial charge in [-0.15, -0.1) is 11.3 Å². The molecule has 3 heterocycles. The number of rotatable bonds is 11.